The fraction of sp³-hybridized carbons (Fsp3) is 0.250. The first kappa shape index (κ1) is 6.91. The molecule has 1 N–H and O–H groups in total. The second kappa shape index (κ2) is 3.76. The number of aromatic nitrogens is 1. The normalized spacial score (nSPS) is 8.50. The van der Waals surface area contributed by atoms with Crippen molar-refractivity contribution < 1.29 is 5.11 Å². The van der Waals surface area contributed by atoms with E-state index in [4.69, 9.17) is 5.11 Å². The molecule has 0 aromatic carbocycles. The molecule has 1 aromatic rings. The highest BCUT2D eigenvalue weighted by Crippen LogP contribution is 1.84. The smallest absolute Gasteiger partial charge is 0.0541 e. The van der Waals surface area contributed by atoms with E-state index in [2.05, 4.69) is 12.0 Å². The zero-order chi connectivity index (χ0) is 7.23. The van der Waals surface area contributed by atoms with Gasteiger partial charge in [0, 0.05) is 24.9 Å². The van der Waals surface area contributed by atoms with E-state index in [9.17, 15) is 0 Å². The van der Waals surface area contributed by atoms with Crippen molar-refractivity contribution in [3.05, 3.63) is 24.5 Å². The van der Waals surface area contributed by atoms with Gasteiger partial charge in [0.05, 0.1) is 6.61 Å². The molecule has 2 heteroatoms. The summed E-state index contributed by atoms with van der Waals surface area (Å²) in [5.41, 5.74) is 0. The molecule has 0 spiro atoms. The third kappa shape index (κ3) is 1.96. The molecule has 0 radical (unpaired) electrons. The maximum Gasteiger partial charge on any atom is 0.0541 e. The number of rotatable bonds is 1. The highest BCUT2D eigenvalue weighted by atomic mass is 16.2. The molecular weight excluding hydrogens is 126 g/mol. The number of aliphatic hydroxyl groups excluding tert-OH is 1. The molecule has 0 fully saturated rings. The van der Waals surface area contributed by atoms with Crippen LogP contribution in [0.4, 0.5) is 0 Å². The number of nitrogens with zero attached hydrogens (tertiary/aromatic N) is 1. The lowest BCUT2D eigenvalue weighted by Gasteiger charge is -1.83. The lowest BCUT2D eigenvalue weighted by atomic mass is 10.5. The lowest BCUT2D eigenvalue weighted by Crippen LogP contribution is -1.82. The second-order valence-electron chi connectivity index (χ2n) is 1.85. The summed E-state index contributed by atoms with van der Waals surface area (Å²) in [7, 11) is 0. The van der Waals surface area contributed by atoms with Crippen LogP contribution in [0.25, 0.3) is 0 Å². The minimum absolute atomic E-state index is 0.133. The van der Waals surface area contributed by atoms with Crippen LogP contribution in [-0.2, 0) is 0 Å². The maximum atomic E-state index is 8.38. The van der Waals surface area contributed by atoms with Crippen LogP contribution in [0.5, 0.6) is 0 Å². The van der Waals surface area contributed by atoms with Gasteiger partial charge < -0.3 is 5.11 Å². The van der Waals surface area contributed by atoms with E-state index in [-0.39, 0.29) is 6.61 Å². The van der Waals surface area contributed by atoms with Crippen LogP contribution in [0.15, 0.2) is 24.5 Å². The summed E-state index contributed by atoms with van der Waals surface area (Å²) in [6.45, 7) is 0.133. The molecule has 0 aliphatic rings. The van der Waals surface area contributed by atoms with E-state index >= 15 is 0 Å². The largest absolute Gasteiger partial charge is 0.395 e. The number of aliphatic hydroxyl groups is 1. The van der Waals surface area contributed by atoms with Crippen LogP contribution < -0.4 is 0 Å². The average Bonchev–Trinajstić information content (AvgIpc) is 2.41. The van der Waals surface area contributed by atoms with Gasteiger partial charge in [-0.3, -0.25) is 4.57 Å². The van der Waals surface area contributed by atoms with Crippen LogP contribution in [0.2, 0.25) is 0 Å². The van der Waals surface area contributed by atoms with Gasteiger partial charge in [-0.05, 0) is 12.1 Å². The van der Waals surface area contributed by atoms with E-state index in [0.29, 0.717) is 6.42 Å². The second-order valence-corrected chi connectivity index (χ2v) is 1.85. The predicted octanol–water partition coefficient (Wildman–Crippen LogP) is 0.679. The van der Waals surface area contributed by atoms with Crippen molar-refractivity contribution >= 4 is 0 Å². The van der Waals surface area contributed by atoms with Crippen molar-refractivity contribution in [1.82, 2.24) is 4.57 Å². The summed E-state index contributed by atoms with van der Waals surface area (Å²) < 4.78 is 1.76. The summed E-state index contributed by atoms with van der Waals surface area (Å²) in [5.74, 6) is 2.80. The van der Waals surface area contributed by atoms with Gasteiger partial charge in [-0.25, -0.2) is 0 Å². The predicted molar refractivity (Wildman–Crippen MR) is 39.3 cm³/mol. The molecule has 0 saturated heterocycles. The first-order chi connectivity index (χ1) is 4.93. The van der Waals surface area contributed by atoms with E-state index in [0.717, 1.165) is 0 Å². The Morgan fingerprint density at radius 2 is 2.00 bits per heavy atom. The molecule has 52 valence electrons. The first-order valence-electron chi connectivity index (χ1n) is 3.16. The Kier molecular flexibility index (Phi) is 2.60. The molecule has 0 saturated carbocycles. The molecule has 0 bridgehead atoms. The van der Waals surface area contributed by atoms with Crippen molar-refractivity contribution in [2.45, 2.75) is 6.42 Å². The van der Waals surface area contributed by atoms with E-state index < -0.39 is 0 Å². The van der Waals surface area contributed by atoms with Gasteiger partial charge in [0.15, 0.2) is 0 Å². The van der Waals surface area contributed by atoms with Crippen molar-refractivity contribution in [2.24, 2.45) is 0 Å². The standard InChI is InChI=1S/C8H9NO/c10-8-4-3-7-9-5-1-2-6-9/h1-2,5-6,10H,4,8H2. The summed E-state index contributed by atoms with van der Waals surface area (Å²) in [4.78, 5) is 0. The van der Waals surface area contributed by atoms with Gasteiger partial charge >= 0.3 is 0 Å². The summed E-state index contributed by atoms with van der Waals surface area (Å²) >= 11 is 0. The third-order valence-corrected chi connectivity index (χ3v) is 1.05. The molecule has 1 heterocycles. The summed E-state index contributed by atoms with van der Waals surface area (Å²) in [5, 5.41) is 8.38. The maximum absolute atomic E-state index is 8.38. The van der Waals surface area contributed by atoms with Crippen molar-refractivity contribution in [3.8, 4) is 12.0 Å². The molecular formula is C8H9NO. The van der Waals surface area contributed by atoms with Crippen LogP contribution in [0.1, 0.15) is 6.42 Å². The summed E-state index contributed by atoms with van der Waals surface area (Å²) in [6, 6.07) is 6.65. The van der Waals surface area contributed by atoms with Crippen molar-refractivity contribution in [3.63, 3.8) is 0 Å². The Morgan fingerprint density at radius 3 is 2.60 bits per heavy atom. The molecule has 1 rings (SSSR count). The Morgan fingerprint density at radius 1 is 1.30 bits per heavy atom. The Labute approximate surface area is 60.1 Å². The topological polar surface area (TPSA) is 25.2 Å². The van der Waals surface area contributed by atoms with Crippen LogP contribution in [-0.4, -0.2) is 16.3 Å². The highest BCUT2D eigenvalue weighted by molar-refractivity contribution is 5.06. The van der Waals surface area contributed by atoms with Gasteiger partial charge in [-0.15, -0.1) is 0 Å². The zero-order valence-corrected chi connectivity index (χ0v) is 5.62. The monoisotopic (exact) mass is 135 g/mol. The minimum Gasteiger partial charge on any atom is -0.395 e. The quantitative estimate of drug-likeness (QED) is 0.563. The molecule has 0 atom stereocenters. The van der Waals surface area contributed by atoms with Crippen molar-refractivity contribution in [2.75, 3.05) is 6.61 Å². The molecule has 0 aliphatic carbocycles. The molecule has 0 aliphatic heterocycles. The Hall–Kier alpha value is -1.20. The number of hydrogen-bond acceptors (Lipinski definition) is 1. The molecule has 0 unspecified atom stereocenters. The fourth-order valence-corrected chi connectivity index (χ4v) is 0.612. The van der Waals surface area contributed by atoms with Gasteiger partial charge in [0.1, 0.15) is 0 Å². The average molecular weight is 135 g/mol. The molecule has 0 amide bonds. The van der Waals surface area contributed by atoms with Gasteiger partial charge in [-0.1, -0.05) is 5.92 Å². The van der Waals surface area contributed by atoms with E-state index in [1.54, 1.807) is 4.57 Å². The molecule has 1 aromatic heterocycles. The first-order valence-corrected chi connectivity index (χ1v) is 3.16. The van der Waals surface area contributed by atoms with Crippen LogP contribution >= 0.6 is 0 Å². The highest BCUT2D eigenvalue weighted by Gasteiger charge is 1.76. The molecule has 10 heavy (non-hydrogen) atoms. The Bertz CT molecular complexity index is 228. The number of hydrogen-bond donors (Lipinski definition) is 1. The van der Waals surface area contributed by atoms with Gasteiger partial charge in [0.25, 0.3) is 0 Å². The lowest BCUT2D eigenvalue weighted by molar-refractivity contribution is 0.305. The Balaban J connectivity index is 2.49. The van der Waals surface area contributed by atoms with Gasteiger partial charge in [-0.2, -0.15) is 0 Å². The summed E-state index contributed by atoms with van der Waals surface area (Å²) in [6.07, 6.45) is 4.27. The minimum atomic E-state index is 0.133. The fourth-order valence-electron chi connectivity index (χ4n) is 0.612. The van der Waals surface area contributed by atoms with Crippen molar-refractivity contribution in [1.29, 1.82) is 0 Å². The van der Waals surface area contributed by atoms with Crippen LogP contribution in [0, 0.1) is 12.0 Å². The molecule has 2 nitrogen and oxygen atoms in total. The SMILES string of the molecule is OCCC#Cn1cccc1. The van der Waals surface area contributed by atoms with Gasteiger partial charge in [0.2, 0.25) is 0 Å². The van der Waals surface area contributed by atoms with E-state index in [1.165, 1.54) is 0 Å². The van der Waals surface area contributed by atoms with E-state index in [1.807, 2.05) is 24.5 Å². The zero-order valence-electron chi connectivity index (χ0n) is 5.62. The van der Waals surface area contributed by atoms with Crippen LogP contribution in [0.3, 0.4) is 0 Å². The third-order valence-electron chi connectivity index (χ3n) is 1.05.